The Labute approximate surface area is 250 Å². The largest absolute Gasteiger partial charge is 0.340 e. The maximum atomic E-state index is 13.5. The lowest BCUT2D eigenvalue weighted by molar-refractivity contribution is 0.101. The van der Waals surface area contributed by atoms with E-state index in [4.69, 9.17) is 0 Å². The summed E-state index contributed by atoms with van der Waals surface area (Å²) in [5.74, 6) is 0.0607. The maximum Gasteiger partial charge on any atom is 0.274 e. The van der Waals surface area contributed by atoms with Crippen molar-refractivity contribution in [1.82, 2.24) is 39.9 Å². The Bertz CT molecular complexity index is 2000. The molecule has 3 aromatic carbocycles. The Morgan fingerprint density at radius 2 is 1.02 bits per heavy atom. The van der Waals surface area contributed by atoms with Crippen LogP contribution in [0.2, 0.25) is 0 Å². The summed E-state index contributed by atoms with van der Waals surface area (Å²) >= 11 is 0. The molecule has 0 aliphatic rings. The highest BCUT2D eigenvalue weighted by Crippen LogP contribution is 2.28. The molecular formula is C32H28N10O2. The van der Waals surface area contributed by atoms with Gasteiger partial charge in [0.2, 0.25) is 0 Å². The van der Waals surface area contributed by atoms with Gasteiger partial charge in [0.15, 0.2) is 11.6 Å². The van der Waals surface area contributed by atoms with E-state index in [2.05, 4.69) is 50.5 Å². The standard InChI is InChI=1S/C32H28N10O2/c1-15-9-21-22(10-16(15)2)38-29(37-21)25-27(35-13-33-25)31(43)41-19-7-5-6-8-20(19)42-32(44)28-26(34-14-36-28)30-39-23-11-17(3)18(4)12-24(23)40-30/h5-14H,1-4H3,(H,33,35)(H,34,36)(H,37,38)(H,39,40)(H,41,43)(H,42,44). The molecular weight excluding hydrogens is 556 g/mol. The van der Waals surface area contributed by atoms with E-state index in [1.165, 1.54) is 12.7 Å². The van der Waals surface area contributed by atoms with Crippen molar-refractivity contribution in [2.45, 2.75) is 27.7 Å². The van der Waals surface area contributed by atoms with Crippen molar-refractivity contribution < 1.29 is 9.59 Å². The van der Waals surface area contributed by atoms with E-state index in [0.717, 1.165) is 44.3 Å². The number of aromatic amines is 4. The molecule has 0 saturated carbocycles. The number of carbonyl (C=O) groups is 2. The highest BCUT2D eigenvalue weighted by Gasteiger charge is 2.22. The Morgan fingerprint density at radius 1 is 0.614 bits per heavy atom. The summed E-state index contributed by atoms with van der Waals surface area (Å²) in [6, 6.07) is 15.0. The van der Waals surface area contributed by atoms with Gasteiger partial charge in [0.25, 0.3) is 11.8 Å². The number of fused-ring (bicyclic) bond motifs is 2. The van der Waals surface area contributed by atoms with Crippen LogP contribution in [0.5, 0.6) is 0 Å². The van der Waals surface area contributed by atoms with Crippen LogP contribution >= 0.6 is 0 Å². The van der Waals surface area contributed by atoms with Crippen molar-refractivity contribution in [2.24, 2.45) is 0 Å². The number of aromatic nitrogens is 8. The van der Waals surface area contributed by atoms with Gasteiger partial charge in [-0.1, -0.05) is 12.1 Å². The number of H-pyrrole nitrogens is 4. The van der Waals surface area contributed by atoms with Crippen LogP contribution in [0.25, 0.3) is 45.1 Å². The van der Waals surface area contributed by atoms with Gasteiger partial charge >= 0.3 is 0 Å². The van der Waals surface area contributed by atoms with Crippen LogP contribution in [0.4, 0.5) is 11.4 Å². The second-order valence-corrected chi connectivity index (χ2v) is 10.8. The lowest BCUT2D eigenvalue weighted by Gasteiger charge is -2.12. The van der Waals surface area contributed by atoms with E-state index in [1.54, 1.807) is 24.3 Å². The number of hydrogen-bond donors (Lipinski definition) is 6. The number of imidazole rings is 4. The molecule has 12 heteroatoms. The van der Waals surface area contributed by atoms with Crippen LogP contribution < -0.4 is 10.6 Å². The van der Waals surface area contributed by atoms with E-state index in [-0.39, 0.29) is 11.4 Å². The number of rotatable bonds is 6. The van der Waals surface area contributed by atoms with Crippen LogP contribution in [0.1, 0.15) is 43.2 Å². The second kappa shape index (κ2) is 10.3. The Kier molecular flexibility index (Phi) is 6.31. The molecule has 4 heterocycles. The molecule has 6 N–H and O–H groups in total. The molecule has 0 radical (unpaired) electrons. The first-order valence-electron chi connectivity index (χ1n) is 14.0. The molecule has 7 rings (SSSR count). The predicted octanol–water partition coefficient (Wildman–Crippen LogP) is 5.96. The van der Waals surface area contributed by atoms with Gasteiger partial charge in [-0.3, -0.25) is 9.59 Å². The van der Waals surface area contributed by atoms with Gasteiger partial charge in [-0.05, 0) is 86.3 Å². The minimum atomic E-state index is -0.442. The third-order valence-electron chi connectivity index (χ3n) is 7.80. The normalized spacial score (nSPS) is 11.4. The number of para-hydroxylation sites is 2. The quantitative estimate of drug-likeness (QED) is 0.141. The van der Waals surface area contributed by atoms with E-state index >= 15 is 0 Å². The Morgan fingerprint density at radius 3 is 1.45 bits per heavy atom. The molecule has 0 atom stereocenters. The lowest BCUT2D eigenvalue weighted by Crippen LogP contribution is -2.18. The smallest absolute Gasteiger partial charge is 0.274 e. The van der Waals surface area contributed by atoms with Crippen molar-refractivity contribution >= 4 is 45.3 Å². The number of carbonyl (C=O) groups excluding carboxylic acids is 2. The van der Waals surface area contributed by atoms with Crippen molar-refractivity contribution in [3.8, 4) is 23.0 Å². The number of aryl methyl sites for hydroxylation is 4. The average Bonchev–Trinajstić information content (AvgIpc) is 3.80. The number of nitrogens with zero attached hydrogens (tertiary/aromatic N) is 4. The first-order chi connectivity index (χ1) is 21.2. The number of anilines is 2. The van der Waals surface area contributed by atoms with Gasteiger partial charge in [-0.25, -0.2) is 19.9 Å². The number of nitrogens with one attached hydrogen (secondary N) is 6. The van der Waals surface area contributed by atoms with Crippen molar-refractivity contribution in [1.29, 1.82) is 0 Å². The number of amides is 2. The molecule has 2 amide bonds. The van der Waals surface area contributed by atoms with Crippen molar-refractivity contribution in [3.05, 3.63) is 94.8 Å². The minimum Gasteiger partial charge on any atom is -0.340 e. The summed E-state index contributed by atoms with van der Waals surface area (Å²) in [5.41, 5.74) is 9.83. The van der Waals surface area contributed by atoms with Crippen molar-refractivity contribution in [2.75, 3.05) is 10.6 Å². The van der Waals surface area contributed by atoms with Crippen molar-refractivity contribution in [3.63, 3.8) is 0 Å². The second-order valence-electron chi connectivity index (χ2n) is 10.8. The molecule has 44 heavy (non-hydrogen) atoms. The zero-order valence-electron chi connectivity index (χ0n) is 24.4. The Balaban J connectivity index is 1.13. The Hall–Kier alpha value is -6.04. The third kappa shape index (κ3) is 4.67. The maximum absolute atomic E-state index is 13.5. The summed E-state index contributed by atoms with van der Waals surface area (Å²) in [6.45, 7) is 8.12. The monoisotopic (exact) mass is 584 g/mol. The van der Waals surface area contributed by atoms with E-state index < -0.39 is 11.8 Å². The molecule has 4 aromatic heterocycles. The SMILES string of the molecule is Cc1cc2nc(-c3nc[nH]c3C(=O)Nc3ccccc3NC(=O)c3[nH]cnc3-c3nc4cc(C)c(C)cc4[nH]3)[nH]c2cc1C. The zero-order chi connectivity index (χ0) is 30.5. The highest BCUT2D eigenvalue weighted by atomic mass is 16.2. The molecule has 218 valence electrons. The van der Waals surface area contributed by atoms with Gasteiger partial charge in [0.1, 0.15) is 22.8 Å². The molecule has 0 fully saturated rings. The summed E-state index contributed by atoms with van der Waals surface area (Å²) < 4.78 is 0. The van der Waals surface area contributed by atoms with Crippen LogP contribution in [-0.2, 0) is 0 Å². The fourth-order valence-corrected chi connectivity index (χ4v) is 5.13. The average molecular weight is 585 g/mol. The summed E-state index contributed by atoms with van der Waals surface area (Å²) in [5, 5.41) is 5.78. The van der Waals surface area contributed by atoms with E-state index in [1.807, 2.05) is 52.0 Å². The fourth-order valence-electron chi connectivity index (χ4n) is 5.13. The van der Waals surface area contributed by atoms with Crippen LogP contribution in [-0.4, -0.2) is 51.7 Å². The molecule has 0 bridgehead atoms. The summed E-state index contributed by atoms with van der Waals surface area (Å²) in [7, 11) is 0. The molecule has 12 nitrogen and oxygen atoms in total. The number of benzene rings is 3. The molecule has 0 spiro atoms. The van der Waals surface area contributed by atoms with E-state index in [9.17, 15) is 9.59 Å². The van der Waals surface area contributed by atoms with Crippen LogP contribution in [0.3, 0.4) is 0 Å². The first kappa shape index (κ1) is 26.8. The topological polar surface area (TPSA) is 173 Å². The number of hydrogen-bond acceptors (Lipinski definition) is 6. The van der Waals surface area contributed by atoms with Gasteiger partial charge in [0.05, 0.1) is 46.1 Å². The third-order valence-corrected chi connectivity index (χ3v) is 7.80. The van der Waals surface area contributed by atoms with Crippen LogP contribution in [0, 0.1) is 27.7 Å². The van der Waals surface area contributed by atoms with Gasteiger partial charge in [-0.2, -0.15) is 0 Å². The molecule has 0 aliphatic carbocycles. The fraction of sp³-hybridized carbons (Fsp3) is 0.125. The van der Waals surface area contributed by atoms with Gasteiger partial charge in [-0.15, -0.1) is 0 Å². The van der Waals surface area contributed by atoms with Gasteiger partial charge in [0, 0.05) is 0 Å². The zero-order valence-corrected chi connectivity index (χ0v) is 24.4. The van der Waals surface area contributed by atoms with Gasteiger partial charge < -0.3 is 30.6 Å². The minimum absolute atomic E-state index is 0.227. The molecule has 0 unspecified atom stereocenters. The first-order valence-corrected chi connectivity index (χ1v) is 14.0. The lowest BCUT2D eigenvalue weighted by atomic mass is 10.1. The van der Waals surface area contributed by atoms with E-state index in [0.29, 0.717) is 34.4 Å². The summed E-state index contributed by atoms with van der Waals surface area (Å²) in [6.07, 6.45) is 2.89. The predicted molar refractivity (Wildman–Crippen MR) is 169 cm³/mol. The molecule has 0 saturated heterocycles. The highest BCUT2D eigenvalue weighted by molar-refractivity contribution is 6.11. The van der Waals surface area contributed by atoms with Crippen LogP contribution in [0.15, 0.2) is 61.2 Å². The molecule has 7 aromatic rings. The molecule has 0 aliphatic heterocycles. The summed E-state index contributed by atoms with van der Waals surface area (Å²) in [4.78, 5) is 57.3.